The maximum absolute atomic E-state index is 4.45. The van der Waals surface area contributed by atoms with Crippen molar-refractivity contribution < 1.29 is 0 Å². The van der Waals surface area contributed by atoms with Gasteiger partial charge < -0.3 is 0 Å². The molecule has 1 aliphatic heterocycles. The van der Waals surface area contributed by atoms with Crippen molar-refractivity contribution in [3.8, 4) is 0 Å². The highest BCUT2D eigenvalue weighted by molar-refractivity contribution is 7.09. The first kappa shape index (κ1) is 11.3. The summed E-state index contributed by atoms with van der Waals surface area (Å²) >= 11 is 3.54. The van der Waals surface area contributed by atoms with E-state index in [0.717, 1.165) is 13.1 Å². The summed E-state index contributed by atoms with van der Waals surface area (Å²) in [6.45, 7) is 3.40. The molecule has 17 heavy (non-hydrogen) atoms. The average Bonchev–Trinajstić information content (AvgIpc) is 3.01. The number of hydrogen-bond acceptors (Lipinski definition) is 5. The highest BCUT2D eigenvalue weighted by atomic mass is 32.1. The van der Waals surface area contributed by atoms with E-state index in [9.17, 15) is 0 Å². The van der Waals surface area contributed by atoms with Crippen molar-refractivity contribution in [3.05, 3.63) is 33.2 Å². The molecule has 0 radical (unpaired) electrons. The number of thiazole rings is 2. The molecule has 90 valence electrons. The summed E-state index contributed by atoms with van der Waals surface area (Å²) in [5, 5.41) is 3.39. The van der Waals surface area contributed by atoms with Gasteiger partial charge in [0.05, 0.1) is 10.5 Å². The minimum atomic E-state index is 0.636. The van der Waals surface area contributed by atoms with Crippen LogP contribution in [0.5, 0.6) is 0 Å². The van der Waals surface area contributed by atoms with Crippen molar-refractivity contribution in [1.29, 1.82) is 0 Å². The summed E-state index contributed by atoms with van der Waals surface area (Å²) in [7, 11) is 0. The summed E-state index contributed by atoms with van der Waals surface area (Å²) < 4.78 is 0. The number of piperidine rings is 1. The number of hydrogen-bond donors (Lipinski definition) is 0. The number of rotatable bonds is 3. The predicted molar refractivity (Wildman–Crippen MR) is 71.5 cm³/mol. The van der Waals surface area contributed by atoms with E-state index in [-0.39, 0.29) is 0 Å². The molecule has 0 N–H and O–H groups in total. The summed E-state index contributed by atoms with van der Waals surface area (Å²) in [5.41, 5.74) is 1.91. The van der Waals surface area contributed by atoms with E-state index in [1.165, 1.54) is 29.3 Å². The van der Waals surface area contributed by atoms with Gasteiger partial charge in [0, 0.05) is 41.7 Å². The maximum Gasteiger partial charge on any atom is 0.0968 e. The standard InChI is InChI=1S/C12H15N3S2/c1-2-10(12-14-3-5-16-12)7-15(4-1)8-11-6-13-9-17-11/h3,5-6,9-10H,1-2,4,7-8H2/t10-/m0/s1. The van der Waals surface area contributed by atoms with Crippen LogP contribution in [0.1, 0.15) is 28.6 Å². The van der Waals surface area contributed by atoms with Gasteiger partial charge in [-0.2, -0.15) is 0 Å². The van der Waals surface area contributed by atoms with Crippen LogP contribution in [0.4, 0.5) is 0 Å². The van der Waals surface area contributed by atoms with Crippen LogP contribution in [-0.2, 0) is 6.54 Å². The smallest absolute Gasteiger partial charge is 0.0968 e. The lowest BCUT2D eigenvalue weighted by Crippen LogP contribution is -2.33. The van der Waals surface area contributed by atoms with Crippen molar-refractivity contribution in [3.63, 3.8) is 0 Å². The molecule has 0 aromatic carbocycles. The third-order valence-electron chi connectivity index (χ3n) is 3.17. The molecule has 1 fully saturated rings. The number of aromatic nitrogens is 2. The number of nitrogens with zero attached hydrogens (tertiary/aromatic N) is 3. The van der Waals surface area contributed by atoms with E-state index < -0.39 is 0 Å². The average molecular weight is 265 g/mol. The number of likely N-dealkylation sites (tertiary alicyclic amines) is 1. The van der Waals surface area contributed by atoms with Gasteiger partial charge in [-0.05, 0) is 19.4 Å². The highest BCUT2D eigenvalue weighted by Crippen LogP contribution is 2.29. The lowest BCUT2D eigenvalue weighted by Gasteiger charge is -2.31. The topological polar surface area (TPSA) is 29.0 Å². The van der Waals surface area contributed by atoms with Crippen LogP contribution in [0.15, 0.2) is 23.3 Å². The molecule has 3 rings (SSSR count). The molecular formula is C12H15N3S2. The molecule has 0 saturated carbocycles. The monoisotopic (exact) mass is 265 g/mol. The van der Waals surface area contributed by atoms with Crippen molar-refractivity contribution in [2.24, 2.45) is 0 Å². The predicted octanol–water partition coefficient (Wildman–Crippen LogP) is 2.98. The fraction of sp³-hybridized carbons (Fsp3) is 0.500. The Labute approximate surface area is 109 Å². The van der Waals surface area contributed by atoms with E-state index in [2.05, 4.69) is 20.2 Å². The molecule has 1 aliphatic rings. The quantitative estimate of drug-likeness (QED) is 0.854. The molecule has 3 nitrogen and oxygen atoms in total. The van der Waals surface area contributed by atoms with Crippen LogP contribution < -0.4 is 0 Å². The highest BCUT2D eigenvalue weighted by Gasteiger charge is 2.23. The van der Waals surface area contributed by atoms with Crippen LogP contribution in [0.3, 0.4) is 0 Å². The van der Waals surface area contributed by atoms with Crippen molar-refractivity contribution in [2.75, 3.05) is 13.1 Å². The molecule has 0 unspecified atom stereocenters. The fourth-order valence-corrected chi connectivity index (χ4v) is 3.78. The van der Waals surface area contributed by atoms with Crippen LogP contribution in [0.2, 0.25) is 0 Å². The molecule has 0 aliphatic carbocycles. The van der Waals surface area contributed by atoms with Gasteiger partial charge in [-0.1, -0.05) is 0 Å². The van der Waals surface area contributed by atoms with Gasteiger partial charge in [0.1, 0.15) is 0 Å². The Morgan fingerprint density at radius 1 is 1.41 bits per heavy atom. The zero-order valence-corrected chi connectivity index (χ0v) is 11.2. The Bertz CT molecular complexity index is 438. The van der Waals surface area contributed by atoms with Gasteiger partial charge in [0.25, 0.3) is 0 Å². The Morgan fingerprint density at radius 3 is 3.18 bits per heavy atom. The Kier molecular flexibility index (Phi) is 3.49. The summed E-state index contributed by atoms with van der Waals surface area (Å²) in [4.78, 5) is 12.5. The minimum Gasteiger partial charge on any atom is -0.298 e. The Morgan fingerprint density at radius 2 is 2.41 bits per heavy atom. The summed E-state index contributed by atoms with van der Waals surface area (Å²) in [6.07, 6.45) is 6.47. The Balaban J connectivity index is 1.64. The first-order chi connectivity index (χ1) is 8.42. The maximum atomic E-state index is 4.45. The second-order valence-electron chi connectivity index (χ2n) is 4.41. The zero-order valence-electron chi connectivity index (χ0n) is 9.58. The lowest BCUT2D eigenvalue weighted by atomic mass is 9.99. The van der Waals surface area contributed by atoms with E-state index in [1.807, 2.05) is 17.9 Å². The van der Waals surface area contributed by atoms with Gasteiger partial charge in [-0.15, -0.1) is 22.7 Å². The molecule has 2 aromatic rings. The largest absolute Gasteiger partial charge is 0.298 e. The molecule has 5 heteroatoms. The lowest BCUT2D eigenvalue weighted by molar-refractivity contribution is 0.201. The third kappa shape index (κ3) is 2.73. The van der Waals surface area contributed by atoms with Crippen LogP contribution in [0, 0.1) is 0 Å². The van der Waals surface area contributed by atoms with E-state index >= 15 is 0 Å². The SMILES string of the molecule is c1csc([C@H]2CCCN(Cc3cncs3)C2)n1. The van der Waals surface area contributed by atoms with Gasteiger partial charge in [-0.3, -0.25) is 9.88 Å². The minimum absolute atomic E-state index is 0.636. The molecule has 0 bridgehead atoms. The van der Waals surface area contributed by atoms with E-state index in [0.29, 0.717) is 5.92 Å². The van der Waals surface area contributed by atoms with Crippen LogP contribution in [-0.4, -0.2) is 28.0 Å². The van der Waals surface area contributed by atoms with E-state index in [1.54, 1.807) is 22.7 Å². The third-order valence-corrected chi connectivity index (χ3v) is 4.87. The second kappa shape index (κ2) is 5.25. The summed E-state index contributed by atoms with van der Waals surface area (Å²) in [5.74, 6) is 0.636. The van der Waals surface area contributed by atoms with Gasteiger partial charge in [-0.25, -0.2) is 4.98 Å². The zero-order chi connectivity index (χ0) is 11.5. The molecule has 1 saturated heterocycles. The second-order valence-corrected chi connectivity index (χ2v) is 6.31. The van der Waals surface area contributed by atoms with Gasteiger partial charge >= 0.3 is 0 Å². The molecular weight excluding hydrogens is 250 g/mol. The van der Waals surface area contributed by atoms with Crippen LogP contribution >= 0.6 is 22.7 Å². The van der Waals surface area contributed by atoms with Gasteiger partial charge in [0.15, 0.2) is 0 Å². The van der Waals surface area contributed by atoms with Crippen molar-refractivity contribution >= 4 is 22.7 Å². The molecule has 0 spiro atoms. The molecule has 3 heterocycles. The normalized spacial score (nSPS) is 21.8. The molecule has 0 amide bonds. The fourth-order valence-electron chi connectivity index (χ4n) is 2.38. The Hall–Kier alpha value is -0.780. The summed E-state index contributed by atoms with van der Waals surface area (Å²) in [6, 6.07) is 0. The molecule has 1 atom stereocenters. The van der Waals surface area contributed by atoms with Crippen LogP contribution in [0.25, 0.3) is 0 Å². The first-order valence-electron chi connectivity index (χ1n) is 5.91. The first-order valence-corrected chi connectivity index (χ1v) is 7.67. The van der Waals surface area contributed by atoms with Gasteiger partial charge in [0.2, 0.25) is 0 Å². The van der Waals surface area contributed by atoms with Crippen molar-refractivity contribution in [1.82, 2.24) is 14.9 Å². The van der Waals surface area contributed by atoms with E-state index in [4.69, 9.17) is 0 Å². The van der Waals surface area contributed by atoms with Crippen molar-refractivity contribution in [2.45, 2.75) is 25.3 Å². The molecule has 2 aromatic heterocycles.